The molecule has 0 aliphatic rings. The average molecular weight is 456 g/mol. The van der Waals surface area contributed by atoms with Crippen molar-refractivity contribution in [2.45, 2.75) is 6.92 Å². The van der Waals surface area contributed by atoms with Crippen molar-refractivity contribution < 1.29 is 9.53 Å². The van der Waals surface area contributed by atoms with Crippen LogP contribution in [0.15, 0.2) is 79.1 Å². The quantitative estimate of drug-likeness (QED) is 0.331. The van der Waals surface area contributed by atoms with Crippen LogP contribution in [0.4, 0.5) is 0 Å². The number of fused-ring (bicyclic) bond motifs is 1. The normalized spacial score (nSPS) is 11.0. The molecule has 3 aromatic carbocycles. The number of nitrogens with zero attached hydrogens (tertiary/aromatic N) is 5. The zero-order chi connectivity index (χ0) is 22.8. The Morgan fingerprint density at radius 3 is 2.48 bits per heavy atom. The summed E-state index contributed by atoms with van der Waals surface area (Å²) < 4.78 is 6.86. The van der Waals surface area contributed by atoms with E-state index in [9.17, 15) is 4.79 Å². The number of carbonyl (C=O) groups is 1. The first-order valence-corrected chi connectivity index (χ1v) is 10.7. The molecule has 2 heterocycles. The third-order valence-corrected chi connectivity index (χ3v) is 5.29. The first-order chi connectivity index (χ1) is 16.1. The minimum atomic E-state index is -0.388. The lowest BCUT2D eigenvalue weighted by Gasteiger charge is -2.08. The summed E-state index contributed by atoms with van der Waals surface area (Å²) >= 11 is 6.09. The number of halogens is 1. The molecule has 5 aromatic rings. The van der Waals surface area contributed by atoms with E-state index in [4.69, 9.17) is 26.4 Å². The number of hydrogen-bond donors (Lipinski definition) is 0. The summed E-state index contributed by atoms with van der Waals surface area (Å²) in [6, 6.07) is 20.2. The van der Waals surface area contributed by atoms with Gasteiger partial charge in [-0.25, -0.2) is 14.5 Å². The Kier molecular flexibility index (Phi) is 5.54. The number of hydrogen-bond acceptors (Lipinski definition) is 6. The van der Waals surface area contributed by atoms with Crippen LogP contribution >= 0.6 is 11.6 Å². The summed E-state index contributed by atoms with van der Waals surface area (Å²) in [5.41, 5.74) is 4.31. The second-order valence-electron chi connectivity index (χ2n) is 7.21. The molecule has 5 rings (SSSR count). The first-order valence-electron chi connectivity index (χ1n) is 10.3. The van der Waals surface area contributed by atoms with Crippen LogP contribution in [0.1, 0.15) is 17.3 Å². The molecular formula is C25H18ClN5O2. The van der Waals surface area contributed by atoms with Crippen LogP contribution in [0.3, 0.4) is 0 Å². The van der Waals surface area contributed by atoms with Gasteiger partial charge in [0.2, 0.25) is 0 Å². The van der Waals surface area contributed by atoms with Crippen molar-refractivity contribution in [2.24, 2.45) is 0 Å². The molecule has 0 bridgehead atoms. The van der Waals surface area contributed by atoms with Gasteiger partial charge in [-0.2, -0.15) is 0 Å². The highest BCUT2D eigenvalue weighted by molar-refractivity contribution is 6.30. The Bertz CT molecular complexity index is 1460. The van der Waals surface area contributed by atoms with Gasteiger partial charge in [0, 0.05) is 28.5 Å². The summed E-state index contributed by atoms with van der Waals surface area (Å²) in [6.45, 7) is 2.08. The van der Waals surface area contributed by atoms with Crippen LogP contribution in [0.5, 0.6) is 0 Å². The Hall–Kier alpha value is -4.10. The predicted octanol–water partition coefficient (Wildman–Crippen LogP) is 5.37. The van der Waals surface area contributed by atoms with Crippen molar-refractivity contribution >= 4 is 28.6 Å². The summed E-state index contributed by atoms with van der Waals surface area (Å²) in [5, 5.41) is 5.40. The number of ether oxygens (including phenoxy) is 1. The third-order valence-electron chi connectivity index (χ3n) is 5.04. The van der Waals surface area contributed by atoms with Crippen molar-refractivity contribution in [1.82, 2.24) is 24.7 Å². The highest BCUT2D eigenvalue weighted by atomic mass is 35.5. The summed E-state index contributed by atoms with van der Waals surface area (Å²) in [4.78, 5) is 25.8. The van der Waals surface area contributed by atoms with Gasteiger partial charge in [0.05, 0.1) is 28.9 Å². The molecule has 0 radical (unpaired) electrons. The number of rotatable bonds is 5. The fourth-order valence-electron chi connectivity index (χ4n) is 3.48. The Labute approximate surface area is 194 Å². The van der Waals surface area contributed by atoms with Gasteiger partial charge in [-0.3, -0.25) is 9.97 Å². The number of aromatic nitrogens is 5. The molecule has 162 valence electrons. The van der Waals surface area contributed by atoms with Gasteiger partial charge in [0.1, 0.15) is 0 Å². The summed E-state index contributed by atoms with van der Waals surface area (Å²) in [6.07, 6.45) is 3.31. The molecule has 0 atom stereocenters. The largest absolute Gasteiger partial charge is 0.462 e. The van der Waals surface area contributed by atoms with Gasteiger partial charge in [0.25, 0.3) is 0 Å². The van der Waals surface area contributed by atoms with Gasteiger partial charge in [-0.05, 0) is 67.6 Å². The molecule has 0 spiro atoms. The van der Waals surface area contributed by atoms with Crippen LogP contribution in [0.2, 0.25) is 5.02 Å². The van der Waals surface area contributed by atoms with Gasteiger partial charge in [-0.1, -0.05) is 17.7 Å². The van der Waals surface area contributed by atoms with Gasteiger partial charge in [0.15, 0.2) is 11.6 Å². The minimum absolute atomic E-state index is 0.303. The van der Waals surface area contributed by atoms with E-state index in [2.05, 4.69) is 9.97 Å². The van der Waals surface area contributed by atoms with E-state index < -0.39 is 0 Å². The molecule has 8 heteroatoms. The molecule has 0 saturated carbocycles. The Morgan fingerprint density at radius 1 is 0.939 bits per heavy atom. The van der Waals surface area contributed by atoms with Crippen molar-refractivity contribution in [3.63, 3.8) is 0 Å². The third kappa shape index (κ3) is 4.18. The Morgan fingerprint density at radius 2 is 1.70 bits per heavy atom. The molecule has 0 unspecified atom stereocenters. The second kappa shape index (κ2) is 8.80. The van der Waals surface area contributed by atoms with E-state index in [1.54, 1.807) is 54.3 Å². The van der Waals surface area contributed by atoms with E-state index >= 15 is 0 Å². The SMILES string of the molecule is CCOC(=O)c1cccc(-n2nc(-c3ccc4nccnc4c3)nc2-c2ccc(Cl)cc2)c1. The number of benzene rings is 3. The van der Waals surface area contributed by atoms with Crippen LogP contribution in [-0.4, -0.2) is 37.3 Å². The molecule has 33 heavy (non-hydrogen) atoms. The summed E-state index contributed by atoms with van der Waals surface area (Å²) in [7, 11) is 0. The van der Waals surface area contributed by atoms with E-state index in [0.717, 1.165) is 22.2 Å². The Balaban J connectivity index is 1.66. The predicted molar refractivity (Wildman–Crippen MR) is 126 cm³/mol. The molecule has 0 saturated heterocycles. The van der Waals surface area contributed by atoms with Crippen molar-refractivity contribution in [3.05, 3.63) is 89.7 Å². The van der Waals surface area contributed by atoms with E-state index in [0.29, 0.717) is 34.5 Å². The number of esters is 1. The lowest BCUT2D eigenvalue weighted by Crippen LogP contribution is -2.06. The van der Waals surface area contributed by atoms with Crippen LogP contribution in [-0.2, 0) is 4.74 Å². The van der Waals surface area contributed by atoms with Crippen LogP contribution in [0.25, 0.3) is 39.5 Å². The molecule has 0 aliphatic carbocycles. The molecule has 0 amide bonds. The molecule has 0 N–H and O–H groups in total. The zero-order valence-corrected chi connectivity index (χ0v) is 18.4. The highest BCUT2D eigenvalue weighted by Crippen LogP contribution is 2.28. The van der Waals surface area contributed by atoms with E-state index in [-0.39, 0.29) is 5.97 Å². The molecule has 0 fully saturated rings. The maximum Gasteiger partial charge on any atom is 0.338 e. The molecule has 0 aliphatic heterocycles. The maximum absolute atomic E-state index is 12.3. The number of carbonyl (C=O) groups excluding carboxylic acids is 1. The molecule has 7 nitrogen and oxygen atoms in total. The lowest BCUT2D eigenvalue weighted by molar-refractivity contribution is 0.0526. The maximum atomic E-state index is 12.3. The average Bonchev–Trinajstić information content (AvgIpc) is 3.30. The van der Waals surface area contributed by atoms with Gasteiger partial charge >= 0.3 is 5.97 Å². The van der Waals surface area contributed by atoms with Gasteiger partial charge in [-0.15, -0.1) is 5.10 Å². The van der Waals surface area contributed by atoms with E-state index in [1.807, 2.05) is 36.4 Å². The van der Waals surface area contributed by atoms with Crippen LogP contribution in [0, 0.1) is 0 Å². The van der Waals surface area contributed by atoms with Crippen molar-refractivity contribution in [1.29, 1.82) is 0 Å². The highest BCUT2D eigenvalue weighted by Gasteiger charge is 2.17. The van der Waals surface area contributed by atoms with Crippen LogP contribution < -0.4 is 0 Å². The van der Waals surface area contributed by atoms with E-state index in [1.165, 1.54) is 0 Å². The zero-order valence-electron chi connectivity index (χ0n) is 17.6. The van der Waals surface area contributed by atoms with Crippen molar-refractivity contribution in [3.8, 4) is 28.5 Å². The second-order valence-corrected chi connectivity index (χ2v) is 7.64. The molecular weight excluding hydrogens is 438 g/mol. The summed E-state index contributed by atoms with van der Waals surface area (Å²) in [5.74, 6) is 0.747. The molecule has 2 aromatic heterocycles. The standard InChI is InChI=1S/C25H18ClN5O2/c1-2-33-25(32)18-4-3-5-20(14-18)31-24(16-6-9-19(26)10-7-16)29-23(30-31)17-8-11-21-22(15-17)28-13-12-27-21/h3-15H,2H2,1H3. The lowest BCUT2D eigenvalue weighted by atomic mass is 10.1. The smallest absolute Gasteiger partial charge is 0.338 e. The fraction of sp³-hybridized carbons (Fsp3) is 0.0800. The van der Waals surface area contributed by atoms with Gasteiger partial charge < -0.3 is 4.74 Å². The monoisotopic (exact) mass is 455 g/mol. The fourth-order valence-corrected chi connectivity index (χ4v) is 3.61. The first kappa shape index (κ1) is 20.8. The topological polar surface area (TPSA) is 82.8 Å². The minimum Gasteiger partial charge on any atom is -0.462 e. The van der Waals surface area contributed by atoms with Crippen molar-refractivity contribution in [2.75, 3.05) is 6.61 Å².